The van der Waals surface area contributed by atoms with Crippen molar-refractivity contribution in [3.8, 4) is 11.1 Å². The highest BCUT2D eigenvalue weighted by Crippen LogP contribution is 2.31. The molecule has 0 spiro atoms. The van der Waals surface area contributed by atoms with Gasteiger partial charge in [-0.05, 0) is 54.5 Å². The highest BCUT2D eigenvalue weighted by Gasteiger charge is 2.35. The molecule has 1 N–H and O–H groups in total. The lowest BCUT2D eigenvalue weighted by molar-refractivity contribution is -0.137. The summed E-state index contributed by atoms with van der Waals surface area (Å²) in [5.41, 5.74) is 1.59. The minimum absolute atomic E-state index is 0.00129. The molecule has 1 heterocycles. The first-order valence-corrected chi connectivity index (χ1v) is 12.9. The molecule has 2 atom stereocenters. The van der Waals surface area contributed by atoms with Gasteiger partial charge in [-0.1, -0.05) is 43.3 Å². The van der Waals surface area contributed by atoms with Crippen molar-refractivity contribution < 1.29 is 26.4 Å². The Balaban J connectivity index is 1.88. The van der Waals surface area contributed by atoms with Gasteiger partial charge >= 0.3 is 6.18 Å². The maximum Gasteiger partial charge on any atom is 0.416 e. The number of likely N-dealkylation sites (tertiary alicyclic amines) is 1. The number of piperidine rings is 1. The number of amides is 1. The number of hydrogen-bond donors (Lipinski definition) is 1. The van der Waals surface area contributed by atoms with Gasteiger partial charge in [0, 0.05) is 19.0 Å². The number of halogens is 3. The fourth-order valence-corrected chi connectivity index (χ4v) is 5.18. The highest BCUT2D eigenvalue weighted by molar-refractivity contribution is 7.88. The van der Waals surface area contributed by atoms with E-state index in [1.165, 1.54) is 12.1 Å². The van der Waals surface area contributed by atoms with Crippen LogP contribution in [0.15, 0.2) is 48.5 Å². The molecule has 0 bridgehead atoms. The van der Waals surface area contributed by atoms with Gasteiger partial charge in [-0.3, -0.25) is 4.79 Å². The van der Waals surface area contributed by atoms with Crippen LogP contribution in [0.1, 0.15) is 43.7 Å². The average molecular weight is 483 g/mol. The summed E-state index contributed by atoms with van der Waals surface area (Å²) in [4.78, 5) is 14.5. The maximum absolute atomic E-state index is 12.9. The van der Waals surface area contributed by atoms with Gasteiger partial charge in [0.1, 0.15) is 0 Å². The van der Waals surface area contributed by atoms with E-state index in [1.807, 2.05) is 31.2 Å². The number of hydrogen-bond acceptors (Lipinski definition) is 3. The molecule has 2 unspecified atom stereocenters. The van der Waals surface area contributed by atoms with Crippen LogP contribution in [0.5, 0.6) is 0 Å². The van der Waals surface area contributed by atoms with Gasteiger partial charge in [0.15, 0.2) is 0 Å². The second-order valence-corrected chi connectivity index (χ2v) is 10.3. The van der Waals surface area contributed by atoms with E-state index in [9.17, 15) is 26.4 Å². The number of carbonyl (C=O) groups is 1. The van der Waals surface area contributed by atoms with E-state index >= 15 is 0 Å². The number of benzene rings is 2. The van der Waals surface area contributed by atoms with Gasteiger partial charge in [-0.15, -0.1) is 0 Å². The Hall–Kier alpha value is -2.39. The predicted molar refractivity (Wildman–Crippen MR) is 122 cm³/mol. The van der Waals surface area contributed by atoms with Gasteiger partial charge in [0.2, 0.25) is 15.9 Å². The summed E-state index contributed by atoms with van der Waals surface area (Å²) < 4.78 is 65.2. The van der Waals surface area contributed by atoms with Crippen molar-refractivity contribution in [2.45, 2.75) is 57.3 Å². The first kappa shape index (κ1) is 25.2. The fraction of sp³-hybridized carbons (Fsp3) is 0.458. The van der Waals surface area contributed by atoms with E-state index in [2.05, 4.69) is 4.72 Å². The van der Waals surface area contributed by atoms with Crippen molar-refractivity contribution in [3.63, 3.8) is 0 Å². The number of sulfonamides is 1. The monoisotopic (exact) mass is 482 g/mol. The molecule has 3 rings (SSSR count). The first-order valence-electron chi connectivity index (χ1n) is 11.0. The second-order valence-electron chi connectivity index (χ2n) is 8.52. The average Bonchev–Trinajstić information content (AvgIpc) is 2.74. The summed E-state index contributed by atoms with van der Waals surface area (Å²) in [6.45, 7) is 2.50. The zero-order valence-corrected chi connectivity index (χ0v) is 19.5. The number of carbonyl (C=O) groups excluding carboxylic acids is 1. The number of nitrogens with zero attached hydrogens (tertiary/aromatic N) is 1. The number of nitrogens with one attached hydrogen (secondary N) is 1. The summed E-state index contributed by atoms with van der Waals surface area (Å²) in [6.07, 6.45) is -0.392. The lowest BCUT2D eigenvalue weighted by atomic mass is 9.90. The predicted octanol–water partition coefficient (Wildman–Crippen LogP) is 4.62. The van der Waals surface area contributed by atoms with Crippen LogP contribution in [0, 0.1) is 0 Å². The van der Waals surface area contributed by atoms with E-state index in [-0.39, 0.29) is 11.9 Å². The molecule has 1 saturated heterocycles. The molecule has 5 nitrogen and oxygen atoms in total. The molecule has 180 valence electrons. The highest BCUT2D eigenvalue weighted by atomic mass is 32.2. The van der Waals surface area contributed by atoms with E-state index in [4.69, 9.17) is 0 Å². The summed E-state index contributed by atoms with van der Waals surface area (Å²) in [5.74, 6) is 0.00129. The lowest BCUT2D eigenvalue weighted by Crippen LogP contribution is -2.57. The SMILES string of the molecule is CCCC(=O)N1CCCC(NS(C)(=O)=O)C1Cc1cccc(-c2ccc(C(F)(F)F)cc2)c1. The van der Waals surface area contributed by atoms with Crippen LogP contribution in [0.4, 0.5) is 13.2 Å². The summed E-state index contributed by atoms with van der Waals surface area (Å²) in [5, 5.41) is 0. The van der Waals surface area contributed by atoms with Crippen molar-refractivity contribution in [2.75, 3.05) is 12.8 Å². The first-order chi connectivity index (χ1) is 15.5. The Bertz CT molecular complexity index is 1070. The largest absolute Gasteiger partial charge is 0.416 e. The molecule has 0 radical (unpaired) electrons. The lowest BCUT2D eigenvalue weighted by Gasteiger charge is -2.41. The third-order valence-corrected chi connectivity index (χ3v) is 6.58. The number of alkyl halides is 3. The van der Waals surface area contributed by atoms with Crippen LogP contribution in [0.3, 0.4) is 0 Å². The quantitative estimate of drug-likeness (QED) is 0.626. The molecular formula is C24H29F3N2O3S. The molecule has 1 fully saturated rings. The van der Waals surface area contributed by atoms with E-state index in [1.54, 1.807) is 4.90 Å². The van der Waals surface area contributed by atoms with E-state index < -0.39 is 27.8 Å². The molecule has 9 heteroatoms. The molecule has 0 aliphatic carbocycles. The molecule has 2 aromatic rings. The fourth-order valence-electron chi connectivity index (χ4n) is 4.36. The van der Waals surface area contributed by atoms with E-state index in [0.29, 0.717) is 44.2 Å². The van der Waals surface area contributed by atoms with Gasteiger partial charge in [-0.25, -0.2) is 13.1 Å². The van der Waals surface area contributed by atoms with Crippen molar-refractivity contribution in [3.05, 3.63) is 59.7 Å². The summed E-state index contributed by atoms with van der Waals surface area (Å²) in [7, 11) is -3.46. The van der Waals surface area contributed by atoms with Crippen molar-refractivity contribution >= 4 is 15.9 Å². The third kappa shape index (κ3) is 6.80. The Morgan fingerprint density at radius 3 is 2.42 bits per heavy atom. The van der Waals surface area contributed by atoms with Gasteiger partial charge in [0.05, 0.1) is 17.9 Å². The van der Waals surface area contributed by atoms with E-state index in [0.717, 1.165) is 29.5 Å². The summed E-state index contributed by atoms with van der Waals surface area (Å²) >= 11 is 0. The zero-order valence-electron chi connectivity index (χ0n) is 18.7. The molecule has 33 heavy (non-hydrogen) atoms. The van der Waals surface area contributed by atoms with Crippen molar-refractivity contribution in [2.24, 2.45) is 0 Å². The summed E-state index contributed by atoms with van der Waals surface area (Å²) in [6, 6.07) is 11.7. The Labute approximate surface area is 193 Å². The third-order valence-electron chi connectivity index (χ3n) is 5.85. The minimum Gasteiger partial charge on any atom is -0.338 e. The standard InChI is InChI=1S/C24H29F3N2O3S/c1-3-6-23(30)29-14-5-9-21(28-33(2,31)32)22(29)16-17-7-4-8-19(15-17)18-10-12-20(13-11-18)24(25,26)27/h4,7-8,10-13,15,21-22,28H,3,5-6,9,14,16H2,1-2H3. The molecule has 0 aromatic heterocycles. The van der Waals surface area contributed by atoms with Crippen molar-refractivity contribution in [1.29, 1.82) is 0 Å². The zero-order chi connectivity index (χ0) is 24.2. The van der Waals surface area contributed by atoms with Crippen LogP contribution in [-0.2, 0) is 27.4 Å². The molecular weight excluding hydrogens is 453 g/mol. The molecule has 1 aliphatic rings. The molecule has 1 amide bonds. The Kier molecular flexibility index (Phi) is 7.84. The van der Waals surface area contributed by atoms with Crippen LogP contribution < -0.4 is 4.72 Å². The normalized spacial score (nSPS) is 19.5. The van der Waals surface area contributed by atoms with Crippen LogP contribution in [-0.4, -0.2) is 44.1 Å². The molecule has 0 saturated carbocycles. The second kappa shape index (κ2) is 10.3. The van der Waals surface area contributed by atoms with Crippen LogP contribution >= 0.6 is 0 Å². The molecule has 1 aliphatic heterocycles. The molecule has 2 aromatic carbocycles. The topological polar surface area (TPSA) is 66.5 Å². The Morgan fingerprint density at radius 2 is 1.82 bits per heavy atom. The van der Waals surface area contributed by atoms with Crippen LogP contribution in [0.2, 0.25) is 0 Å². The van der Waals surface area contributed by atoms with Crippen LogP contribution in [0.25, 0.3) is 11.1 Å². The smallest absolute Gasteiger partial charge is 0.338 e. The maximum atomic E-state index is 12.9. The minimum atomic E-state index is -4.39. The van der Waals surface area contributed by atoms with Gasteiger partial charge in [0.25, 0.3) is 0 Å². The van der Waals surface area contributed by atoms with Crippen molar-refractivity contribution in [1.82, 2.24) is 9.62 Å². The number of rotatable bonds is 7. The van der Waals surface area contributed by atoms with Gasteiger partial charge < -0.3 is 4.90 Å². The van der Waals surface area contributed by atoms with Gasteiger partial charge in [-0.2, -0.15) is 13.2 Å². The Morgan fingerprint density at radius 1 is 1.12 bits per heavy atom.